The quantitative estimate of drug-likeness (QED) is 0.717. The number of carbonyl (C=O) groups is 1. The molecule has 7 nitrogen and oxygen atoms in total. The first-order valence-electron chi connectivity index (χ1n) is 10.7. The highest BCUT2D eigenvalue weighted by Gasteiger charge is 2.32. The van der Waals surface area contributed by atoms with Crippen molar-refractivity contribution in [2.45, 2.75) is 50.2 Å². The standard InChI is InChI=1S/C23H29N3O4S/c1-16-14-26(15-17(2)30-16)31(28,29)22-10-8-20(9-11-22)24-13-23(27)25-21-7-6-18-4-3-5-19(18)12-21/h6-12,16-17,24H,3-5,13-15H2,1-2H3,(H,25,27)/t16-,17-/m0/s1. The number of nitrogens with zero attached hydrogens (tertiary/aromatic N) is 1. The molecule has 0 aromatic heterocycles. The fourth-order valence-electron chi connectivity index (χ4n) is 4.26. The third-order valence-corrected chi connectivity index (χ3v) is 7.56. The van der Waals surface area contributed by atoms with E-state index in [9.17, 15) is 13.2 Å². The Kier molecular flexibility index (Phi) is 6.31. The van der Waals surface area contributed by atoms with E-state index in [1.54, 1.807) is 24.3 Å². The minimum atomic E-state index is -3.58. The first kappa shape index (κ1) is 21.8. The van der Waals surface area contributed by atoms with E-state index < -0.39 is 10.0 Å². The van der Waals surface area contributed by atoms with Crippen molar-refractivity contribution >= 4 is 27.3 Å². The minimum absolute atomic E-state index is 0.0989. The van der Waals surface area contributed by atoms with Gasteiger partial charge in [-0.25, -0.2) is 8.42 Å². The van der Waals surface area contributed by atoms with Gasteiger partial charge in [-0.05, 0) is 80.6 Å². The van der Waals surface area contributed by atoms with Crippen LogP contribution >= 0.6 is 0 Å². The lowest BCUT2D eigenvalue weighted by molar-refractivity contribution is -0.114. The second-order valence-electron chi connectivity index (χ2n) is 8.34. The van der Waals surface area contributed by atoms with Crippen molar-refractivity contribution in [1.29, 1.82) is 0 Å². The number of hydrogen-bond acceptors (Lipinski definition) is 5. The maximum atomic E-state index is 12.9. The van der Waals surface area contributed by atoms with Crippen LogP contribution in [0.15, 0.2) is 47.4 Å². The second-order valence-corrected chi connectivity index (χ2v) is 10.3. The van der Waals surface area contributed by atoms with Crippen LogP contribution in [0.2, 0.25) is 0 Å². The van der Waals surface area contributed by atoms with Crippen LogP contribution in [0.25, 0.3) is 0 Å². The molecule has 1 heterocycles. The number of anilines is 2. The molecule has 0 bridgehead atoms. The molecule has 2 aliphatic rings. The van der Waals surface area contributed by atoms with E-state index >= 15 is 0 Å². The number of aryl methyl sites for hydroxylation is 2. The molecule has 1 aliphatic carbocycles. The van der Waals surface area contributed by atoms with Crippen molar-refractivity contribution < 1.29 is 17.9 Å². The van der Waals surface area contributed by atoms with Crippen LogP contribution in [-0.4, -0.2) is 50.5 Å². The van der Waals surface area contributed by atoms with E-state index in [4.69, 9.17) is 4.74 Å². The molecule has 1 fully saturated rings. The summed E-state index contributed by atoms with van der Waals surface area (Å²) >= 11 is 0. The summed E-state index contributed by atoms with van der Waals surface area (Å²) in [6.07, 6.45) is 3.08. The van der Waals surface area contributed by atoms with Crippen LogP contribution < -0.4 is 10.6 Å². The molecule has 2 atom stereocenters. The topological polar surface area (TPSA) is 87.7 Å². The van der Waals surface area contributed by atoms with E-state index in [-0.39, 0.29) is 29.6 Å². The van der Waals surface area contributed by atoms with Crippen molar-refractivity contribution in [2.75, 3.05) is 30.3 Å². The zero-order chi connectivity index (χ0) is 22.0. The lowest BCUT2D eigenvalue weighted by atomic mass is 10.1. The van der Waals surface area contributed by atoms with E-state index in [2.05, 4.69) is 16.7 Å². The number of hydrogen-bond donors (Lipinski definition) is 2. The fraction of sp³-hybridized carbons (Fsp3) is 0.435. The maximum Gasteiger partial charge on any atom is 0.243 e. The maximum absolute atomic E-state index is 12.9. The molecule has 0 radical (unpaired) electrons. The molecule has 1 aliphatic heterocycles. The van der Waals surface area contributed by atoms with Crippen molar-refractivity contribution in [1.82, 2.24) is 4.31 Å². The van der Waals surface area contributed by atoms with Crippen molar-refractivity contribution in [2.24, 2.45) is 0 Å². The molecule has 166 valence electrons. The van der Waals surface area contributed by atoms with Gasteiger partial charge in [0, 0.05) is 24.5 Å². The first-order valence-corrected chi connectivity index (χ1v) is 12.2. The Morgan fingerprint density at radius 2 is 1.65 bits per heavy atom. The average Bonchev–Trinajstić information content (AvgIpc) is 3.20. The summed E-state index contributed by atoms with van der Waals surface area (Å²) in [6.45, 7) is 4.53. The Labute approximate surface area is 183 Å². The molecule has 0 unspecified atom stereocenters. The normalized spacial score (nSPS) is 21.5. The van der Waals surface area contributed by atoms with E-state index in [1.807, 2.05) is 26.0 Å². The highest BCUT2D eigenvalue weighted by Crippen LogP contribution is 2.25. The summed E-state index contributed by atoms with van der Waals surface area (Å²) in [6, 6.07) is 12.6. The molecule has 31 heavy (non-hydrogen) atoms. The van der Waals surface area contributed by atoms with Gasteiger partial charge in [-0.15, -0.1) is 0 Å². The number of carbonyl (C=O) groups excluding carboxylic acids is 1. The predicted molar refractivity (Wildman–Crippen MR) is 121 cm³/mol. The number of ether oxygens (including phenoxy) is 1. The number of amides is 1. The van der Waals surface area contributed by atoms with Crippen molar-refractivity contribution in [3.8, 4) is 0 Å². The number of nitrogens with one attached hydrogen (secondary N) is 2. The Morgan fingerprint density at radius 3 is 2.35 bits per heavy atom. The molecule has 4 rings (SSSR count). The lowest BCUT2D eigenvalue weighted by Crippen LogP contribution is -2.48. The smallest absolute Gasteiger partial charge is 0.243 e. The van der Waals surface area contributed by atoms with E-state index in [0.717, 1.165) is 18.5 Å². The summed E-state index contributed by atoms with van der Waals surface area (Å²) in [4.78, 5) is 12.5. The zero-order valence-corrected chi connectivity index (χ0v) is 18.7. The van der Waals surface area contributed by atoms with Gasteiger partial charge >= 0.3 is 0 Å². The van der Waals surface area contributed by atoms with Crippen LogP contribution in [0.1, 0.15) is 31.4 Å². The van der Waals surface area contributed by atoms with Gasteiger partial charge in [0.2, 0.25) is 15.9 Å². The Morgan fingerprint density at radius 1 is 1.00 bits per heavy atom. The van der Waals surface area contributed by atoms with Gasteiger partial charge in [-0.1, -0.05) is 6.07 Å². The summed E-state index contributed by atoms with van der Waals surface area (Å²) in [5, 5.41) is 5.96. The van der Waals surface area contributed by atoms with Gasteiger partial charge in [0.1, 0.15) is 0 Å². The van der Waals surface area contributed by atoms with Gasteiger partial charge in [-0.3, -0.25) is 4.79 Å². The number of morpholine rings is 1. The summed E-state index contributed by atoms with van der Waals surface area (Å²) in [7, 11) is -3.58. The molecule has 1 amide bonds. The van der Waals surface area contributed by atoms with Crippen LogP contribution in [0.4, 0.5) is 11.4 Å². The van der Waals surface area contributed by atoms with Gasteiger partial charge < -0.3 is 15.4 Å². The monoisotopic (exact) mass is 443 g/mol. The summed E-state index contributed by atoms with van der Waals surface area (Å²) in [5.41, 5.74) is 4.17. The van der Waals surface area contributed by atoms with Crippen molar-refractivity contribution in [3.05, 3.63) is 53.6 Å². The van der Waals surface area contributed by atoms with Gasteiger partial charge in [-0.2, -0.15) is 4.31 Å². The lowest BCUT2D eigenvalue weighted by Gasteiger charge is -2.34. The molecular weight excluding hydrogens is 414 g/mol. The average molecular weight is 444 g/mol. The Balaban J connectivity index is 1.33. The molecule has 0 spiro atoms. The van der Waals surface area contributed by atoms with Crippen LogP contribution in [-0.2, 0) is 32.4 Å². The number of rotatable bonds is 6. The highest BCUT2D eigenvalue weighted by atomic mass is 32.2. The third-order valence-electron chi connectivity index (χ3n) is 5.71. The molecule has 2 aromatic rings. The number of benzene rings is 2. The van der Waals surface area contributed by atoms with Gasteiger partial charge in [0.15, 0.2) is 0 Å². The molecular formula is C23H29N3O4S. The number of sulfonamides is 1. The van der Waals surface area contributed by atoms with Gasteiger partial charge in [0.05, 0.1) is 23.6 Å². The minimum Gasteiger partial charge on any atom is -0.376 e. The van der Waals surface area contributed by atoms with Crippen LogP contribution in [0, 0.1) is 0 Å². The molecule has 1 saturated heterocycles. The third kappa shape index (κ3) is 5.08. The number of fused-ring (bicyclic) bond motifs is 1. The van der Waals surface area contributed by atoms with Gasteiger partial charge in [0.25, 0.3) is 0 Å². The summed E-state index contributed by atoms with van der Waals surface area (Å²) in [5.74, 6) is -0.147. The van der Waals surface area contributed by atoms with Crippen LogP contribution in [0.3, 0.4) is 0 Å². The fourth-order valence-corrected chi connectivity index (χ4v) is 5.85. The first-order chi connectivity index (χ1) is 14.8. The van der Waals surface area contributed by atoms with E-state index in [0.29, 0.717) is 18.8 Å². The highest BCUT2D eigenvalue weighted by molar-refractivity contribution is 7.89. The van der Waals surface area contributed by atoms with E-state index in [1.165, 1.54) is 21.9 Å². The zero-order valence-electron chi connectivity index (χ0n) is 17.9. The SMILES string of the molecule is C[C@H]1CN(S(=O)(=O)c2ccc(NCC(=O)Nc3ccc4c(c3)CCC4)cc2)C[C@H](C)O1. The Bertz CT molecular complexity index is 1040. The van der Waals surface area contributed by atoms with Crippen LogP contribution in [0.5, 0.6) is 0 Å². The predicted octanol–water partition coefficient (Wildman–Crippen LogP) is 3.02. The molecule has 2 N–H and O–H groups in total. The molecule has 8 heteroatoms. The largest absolute Gasteiger partial charge is 0.376 e. The molecule has 2 aromatic carbocycles. The Hall–Kier alpha value is -2.42. The van der Waals surface area contributed by atoms with Crippen molar-refractivity contribution in [3.63, 3.8) is 0 Å². The molecule has 0 saturated carbocycles. The second kappa shape index (κ2) is 8.98. The summed E-state index contributed by atoms with van der Waals surface area (Å²) < 4.78 is 33.0.